The number of hydrogen-bond donors (Lipinski definition) is 0. The van der Waals surface area contributed by atoms with Crippen LogP contribution in [0.15, 0.2) is 91.0 Å². The van der Waals surface area contributed by atoms with Crippen LogP contribution in [0.3, 0.4) is 0 Å². The Morgan fingerprint density at radius 2 is 1.44 bits per heavy atom. The Morgan fingerprint density at radius 3 is 2.15 bits per heavy atom. The normalized spacial score (nSPS) is 11.3. The second-order valence-electron chi connectivity index (χ2n) is 9.29. The zero-order valence-electron chi connectivity index (χ0n) is 19.7. The molecule has 172 valence electrons. The third kappa shape index (κ3) is 5.52. The van der Waals surface area contributed by atoms with Gasteiger partial charge in [0.2, 0.25) is 5.78 Å². The van der Waals surface area contributed by atoms with Crippen LogP contribution in [0.2, 0.25) is 0 Å². The molecule has 0 saturated carbocycles. The molecule has 0 aliphatic rings. The molecule has 0 N–H and O–H groups in total. The molecule has 4 aromatic rings. The second kappa shape index (κ2) is 9.92. The van der Waals surface area contributed by atoms with Gasteiger partial charge in [0.25, 0.3) is 0 Å². The predicted octanol–water partition coefficient (Wildman–Crippen LogP) is 6.76. The largest absolute Gasteiger partial charge is 0.489 e. The summed E-state index contributed by atoms with van der Waals surface area (Å²) in [7, 11) is 0. The summed E-state index contributed by atoms with van der Waals surface area (Å²) in [5, 5.41) is 1.83. The lowest BCUT2D eigenvalue weighted by atomic mass is 9.87. The van der Waals surface area contributed by atoms with Crippen LogP contribution in [0.25, 0.3) is 10.8 Å². The van der Waals surface area contributed by atoms with Gasteiger partial charge in [-0.2, -0.15) is 0 Å². The van der Waals surface area contributed by atoms with Crippen molar-refractivity contribution < 1.29 is 19.1 Å². The maximum Gasteiger partial charge on any atom is 0.338 e. The number of benzene rings is 4. The van der Waals surface area contributed by atoms with E-state index in [0.29, 0.717) is 17.7 Å². The number of rotatable bonds is 7. The third-order valence-corrected chi connectivity index (χ3v) is 5.74. The van der Waals surface area contributed by atoms with Crippen molar-refractivity contribution in [1.82, 2.24) is 0 Å². The van der Waals surface area contributed by atoms with E-state index in [4.69, 9.17) is 9.47 Å². The Morgan fingerprint density at radius 1 is 0.765 bits per heavy atom. The van der Waals surface area contributed by atoms with Crippen molar-refractivity contribution in [3.63, 3.8) is 0 Å². The summed E-state index contributed by atoms with van der Waals surface area (Å²) in [5.74, 6) is 0.0370. The first-order chi connectivity index (χ1) is 16.3. The van der Waals surface area contributed by atoms with Crippen LogP contribution in [0, 0.1) is 0 Å². The SMILES string of the molecule is CC(C)(C)c1ccc(OCc2ccc(C(=O)OCC(=O)c3cccc4ccccc34)cc2)cc1. The van der Waals surface area contributed by atoms with Crippen LogP contribution in [-0.4, -0.2) is 18.4 Å². The summed E-state index contributed by atoms with van der Waals surface area (Å²) in [5.41, 5.74) is 3.23. The number of Topliss-reactive ketones (excluding diaryl/α,β-unsaturated/α-hetero) is 1. The van der Waals surface area contributed by atoms with Gasteiger partial charge in [-0.05, 0) is 51.6 Å². The highest BCUT2D eigenvalue weighted by Gasteiger charge is 2.15. The quantitative estimate of drug-likeness (QED) is 0.230. The van der Waals surface area contributed by atoms with E-state index in [1.807, 2.05) is 60.7 Å². The predicted molar refractivity (Wildman–Crippen MR) is 134 cm³/mol. The van der Waals surface area contributed by atoms with Crippen molar-refractivity contribution in [3.05, 3.63) is 113 Å². The molecule has 0 aliphatic heterocycles. The standard InChI is InChI=1S/C30H28O4/c1-30(2,3)24-15-17-25(18-16-24)33-19-21-11-13-23(14-12-21)29(32)34-20-28(31)27-10-6-8-22-7-4-5-9-26(22)27/h4-18H,19-20H2,1-3H3. The Labute approximate surface area is 200 Å². The van der Waals surface area contributed by atoms with Crippen molar-refractivity contribution in [2.45, 2.75) is 32.8 Å². The second-order valence-corrected chi connectivity index (χ2v) is 9.29. The Bertz CT molecular complexity index is 1290. The highest BCUT2D eigenvalue weighted by molar-refractivity contribution is 6.09. The lowest BCUT2D eigenvalue weighted by Crippen LogP contribution is -2.14. The molecule has 0 fully saturated rings. The average molecular weight is 453 g/mol. The summed E-state index contributed by atoms with van der Waals surface area (Å²) in [6.45, 7) is 6.62. The van der Waals surface area contributed by atoms with E-state index in [1.54, 1.807) is 18.2 Å². The molecule has 0 saturated heterocycles. The molecule has 0 spiro atoms. The topological polar surface area (TPSA) is 52.6 Å². The van der Waals surface area contributed by atoms with E-state index in [-0.39, 0.29) is 17.8 Å². The van der Waals surface area contributed by atoms with Crippen molar-refractivity contribution in [2.75, 3.05) is 6.61 Å². The number of fused-ring (bicyclic) bond motifs is 1. The van der Waals surface area contributed by atoms with E-state index >= 15 is 0 Å². The van der Waals surface area contributed by atoms with Gasteiger partial charge in [-0.3, -0.25) is 4.79 Å². The zero-order chi connectivity index (χ0) is 24.1. The molecule has 0 aromatic heterocycles. The van der Waals surface area contributed by atoms with E-state index in [2.05, 4.69) is 32.9 Å². The van der Waals surface area contributed by atoms with Gasteiger partial charge in [0.1, 0.15) is 12.4 Å². The van der Waals surface area contributed by atoms with E-state index in [0.717, 1.165) is 22.1 Å². The van der Waals surface area contributed by atoms with Crippen LogP contribution in [0.1, 0.15) is 52.6 Å². The lowest BCUT2D eigenvalue weighted by Gasteiger charge is -2.19. The Balaban J connectivity index is 1.32. The Hall–Kier alpha value is -3.92. The summed E-state index contributed by atoms with van der Waals surface area (Å²) in [4.78, 5) is 25.1. The minimum absolute atomic E-state index is 0.0997. The molecule has 0 radical (unpaired) electrons. The maximum atomic E-state index is 12.7. The number of ether oxygens (including phenoxy) is 2. The van der Waals surface area contributed by atoms with Gasteiger partial charge < -0.3 is 9.47 Å². The molecule has 34 heavy (non-hydrogen) atoms. The minimum Gasteiger partial charge on any atom is -0.489 e. The average Bonchev–Trinajstić information content (AvgIpc) is 2.85. The lowest BCUT2D eigenvalue weighted by molar-refractivity contribution is 0.0475. The molecule has 0 amide bonds. The van der Waals surface area contributed by atoms with Crippen molar-refractivity contribution in [1.29, 1.82) is 0 Å². The molecule has 4 aromatic carbocycles. The summed E-state index contributed by atoms with van der Waals surface area (Å²) in [6.07, 6.45) is 0. The van der Waals surface area contributed by atoms with Gasteiger partial charge in [-0.1, -0.05) is 87.5 Å². The van der Waals surface area contributed by atoms with Gasteiger partial charge in [-0.15, -0.1) is 0 Å². The van der Waals surface area contributed by atoms with Crippen LogP contribution in [0.5, 0.6) is 5.75 Å². The van der Waals surface area contributed by atoms with E-state index in [1.165, 1.54) is 5.56 Å². The zero-order valence-corrected chi connectivity index (χ0v) is 19.7. The number of esters is 1. The molecule has 0 atom stereocenters. The smallest absolute Gasteiger partial charge is 0.338 e. The Kier molecular flexibility index (Phi) is 6.78. The summed E-state index contributed by atoms with van der Waals surface area (Å²) < 4.78 is 11.1. The van der Waals surface area contributed by atoms with Crippen LogP contribution >= 0.6 is 0 Å². The molecule has 4 rings (SSSR count). The van der Waals surface area contributed by atoms with Crippen LogP contribution in [0.4, 0.5) is 0 Å². The van der Waals surface area contributed by atoms with Crippen LogP contribution in [-0.2, 0) is 16.8 Å². The summed E-state index contributed by atoms with van der Waals surface area (Å²) in [6, 6.07) is 28.3. The molecule has 4 nitrogen and oxygen atoms in total. The van der Waals surface area contributed by atoms with E-state index < -0.39 is 5.97 Å². The monoisotopic (exact) mass is 452 g/mol. The fourth-order valence-electron chi connectivity index (χ4n) is 3.72. The summed E-state index contributed by atoms with van der Waals surface area (Å²) >= 11 is 0. The first-order valence-electron chi connectivity index (χ1n) is 11.3. The van der Waals surface area contributed by atoms with Gasteiger partial charge >= 0.3 is 5.97 Å². The van der Waals surface area contributed by atoms with Gasteiger partial charge in [0, 0.05) is 5.56 Å². The maximum absolute atomic E-state index is 12.7. The third-order valence-electron chi connectivity index (χ3n) is 5.74. The van der Waals surface area contributed by atoms with Gasteiger partial charge in [0.15, 0.2) is 6.61 Å². The van der Waals surface area contributed by atoms with Crippen molar-refractivity contribution in [3.8, 4) is 5.75 Å². The fourth-order valence-corrected chi connectivity index (χ4v) is 3.72. The fraction of sp³-hybridized carbons (Fsp3) is 0.200. The van der Waals surface area contributed by atoms with E-state index in [9.17, 15) is 9.59 Å². The highest BCUT2D eigenvalue weighted by atomic mass is 16.5. The molecular formula is C30H28O4. The number of carbonyl (C=O) groups excluding carboxylic acids is 2. The molecular weight excluding hydrogens is 424 g/mol. The van der Waals surface area contributed by atoms with Crippen molar-refractivity contribution in [2.24, 2.45) is 0 Å². The number of ketones is 1. The van der Waals surface area contributed by atoms with Crippen molar-refractivity contribution >= 4 is 22.5 Å². The highest BCUT2D eigenvalue weighted by Crippen LogP contribution is 2.25. The first kappa shape index (κ1) is 23.2. The number of hydrogen-bond acceptors (Lipinski definition) is 4. The molecule has 0 bridgehead atoms. The van der Waals surface area contributed by atoms with Crippen LogP contribution < -0.4 is 4.74 Å². The molecule has 0 unspecified atom stereocenters. The molecule has 0 aliphatic carbocycles. The minimum atomic E-state index is -0.529. The first-order valence-corrected chi connectivity index (χ1v) is 11.3. The van der Waals surface area contributed by atoms with Gasteiger partial charge in [0.05, 0.1) is 5.56 Å². The molecule has 4 heteroatoms. The molecule has 0 heterocycles. The number of carbonyl (C=O) groups is 2. The van der Waals surface area contributed by atoms with Gasteiger partial charge in [-0.25, -0.2) is 4.79 Å².